The van der Waals surface area contributed by atoms with Gasteiger partial charge in [0.2, 0.25) is 12.7 Å². The van der Waals surface area contributed by atoms with Gasteiger partial charge in [0.1, 0.15) is 6.54 Å². The number of aryl methyl sites for hydroxylation is 2. The van der Waals surface area contributed by atoms with Gasteiger partial charge in [0.15, 0.2) is 11.5 Å². The fourth-order valence-electron chi connectivity index (χ4n) is 4.13. The van der Waals surface area contributed by atoms with Crippen LogP contribution in [0.25, 0.3) is 0 Å². The van der Waals surface area contributed by atoms with E-state index in [0.717, 1.165) is 21.6 Å². The van der Waals surface area contributed by atoms with Crippen molar-refractivity contribution in [2.24, 2.45) is 0 Å². The third-order valence-corrected chi connectivity index (χ3v) is 7.31. The van der Waals surface area contributed by atoms with E-state index in [2.05, 4.69) is 13.0 Å². The smallest absolute Gasteiger partial charge is 0.254 e. The number of benzene rings is 2. The van der Waals surface area contributed by atoms with Crippen LogP contribution in [0.2, 0.25) is 0 Å². The van der Waals surface area contributed by atoms with Crippen LogP contribution in [0, 0.1) is 13.8 Å². The molecule has 0 unspecified atom stereocenters. The van der Waals surface area contributed by atoms with Gasteiger partial charge in [-0.2, -0.15) is 0 Å². The first-order chi connectivity index (χ1) is 17.9. The Morgan fingerprint density at radius 3 is 2.49 bits per heavy atom. The summed E-state index contributed by atoms with van der Waals surface area (Å²) in [5.74, 6) is 1.13. The van der Waals surface area contributed by atoms with Crippen LogP contribution >= 0.6 is 11.3 Å². The lowest BCUT2D eigenvalue weighted by Gasteiger charge is -2.28. The zero-order valence-corrected chi connectivity index (χ0v) is 22.5. The van der Waals surface area contributed by atoms with Crippen LogP contribution in [-0.2, 0) is 22.6 Å². The van der Waals surface area contributed by atoms with Crippen molar-refractivity contribution in [2.75, 3.05) is 33.1 Å². The molecule has 1 aromatic heterocycles. The van der Waals surface area contributed by atoms with Crippen molar-refractivity contribution in [2.45, 2.75) is 40.3 Å². The molecule has 2 heterocycles. The minimum Gasteiger partial charge on any atom is -0.454 e. The Balaban J connectivity index is 1.54. The van der Waals surface area contributed by atoms with Gasteiger partial charge in [0, 0.05) is 36.7 Å². The van der Waals surface area contributed by atoms with Gasteiger partial charge >= 0.3 is 0 Å². The molecule has 196 valence electrons. The highest BCUT2D eigenvalue weighted by molar-refractivity contribution is 7.10. The largest absolute Gasteiger partial charge is 0.454 e. The Morgan fingerprint density at radius 1 is 0.973 bits per heavy atom. The van der Waals surface area contributed by atoms with Gasteiger partial charge in [-0.25, -0.2) is 0 Å². The number of amides is 2. The van der Waals surface area contributed by atoms with E-state index in [4.69, 9.17) is 14.2 Å². The van der Waals surface area contributed by atoms with Crippen LogP contribution in [0.1, 0.15) is 45.3 Å². The summed E-state index contributed by atoms with van der Waals surface area (Å²) in [7, 11) is 0. The maximum Gasteiger partial charge on any atom is 0.254 e. The molecule has 0 aliphatic carbocycles. The summed E-state index contributed by atoms with van der Waals surface area (Å²) in [5, 5.41) is 2.04. The minimum atomic E-state index is -0.153. The fourth-order valence-corrected chi connectivity index (χ4v) is 5.05. The molecule has 0 radical (unpaired) electrons. The third kappa shape index (κ3) is 7.11. The van der Waals surface area contributed by atoms with Gasteiger partial charge in [0.05, 0.1) is 6.54 Å². The van der Waals surface area contributed by atoms with E-state index in [9.17, 15) is 9.59 Å². The van der Waals surface area contributed by atoms with Crippen LogP contribution < -0.4 is 9.47 Å². The summed E-state index contributed by atoms with van der Waals surface area (Å²) in [4.78, 5) is 31.8. The quantitative estimate of drug-likeness (QED) is 0.306. The maximum absolute atomic E-state index is 13.8. The Hall–Kier alpha value is -3.36. The van der Waals surface area contributed by atoms with Crippen LogP contribution in [0.5, 0.6) is 11.5 Å². The lowest BCUT2D eigenvalue weighted by molar-refractivity contribution is -0.133. The van der Waals surface area contributed by atoms with Gasteiger partial charge in [0.25, 0.3) is 5.91 Å². The number of carbonyl (C=O) groups excluding carboxylic acids is 2. The predicted octanol–water partition coefficient (Wildman–Crippen LogP) is 5.19. The van der Waals surface area contributed by atoms with E-state index in [1.807, 2.05) is 66.6 Å². The van der Waals surface area contributed by atoms with Crippen LogP contribution in [0.4, 0.5) is 0 Å². The first kappa shape index (κ1) is 26.7. The molecule has 0 saturated carbocycles. The Bertz CT molecular complexity index is 1210. The average Bonchev–Trinajstić information content (AvgIpc) is 3.53. The zero-order valence-electron chi connectivity index (χ0n) is 21.7. The average molecular weight is 523 g/mol. The molecule has 4 rings (SSSR count). The number of ether oxygens (including phenoxy) is 3. The molecule has 37 heavy (non-hydrogen) atoms. The molecule has 2 aromatic carbocycles. The lowest BCUT2D eigenvalue weighted by Crippen LogP contribution is -2.43. The second kappa shape index (κ2) is 12.7. The number of fused-ring (bicyclic) bond motifs is 1. The molecule has 2 amide bonds. The normalized spacial score (nSPS) is 12.0. The molecule has 7 nitrogen and oxygen atoms in total. The van der Waals surface area contributed by atoms with Crippen LogP contribution in [0.3, 0.4) is 0 Å². The summed E-state index contributed by atoms with van der Waals surface area (Å²) >= 11 is 1.63. The molecular weight excluding hydrogens is 488 g/mol. The lowest BCUT2D eigenvalue weighted by atomic mass is 10.1. The summed E-state index contributed by atoms with van der Waals surface area (Å²) in [5.41, 5.74) is 3.75. The molecule has 0 saturated heterocycles. The van der Waals surface area contributed by atoms with Crippen molar-refractivity contribution in [3.05, 3.63) is 81.0 Å². The number of nitrogens with zero attached hydrogens (tertiary/aromatic N) is 2. The molecule has 0 fully saturated rings. The van der Waals surface area contributed by atoms with Gasteiger partial charge in [-0.1, -0.05) is 23.8 Å². The van der Waals surface area contributed by atoms with Gasteiger partial charge in [-0.05, 0) is 74.0 Å². The van der Waals surface area contributed by atoms with Crippen molar-refractivity contribution in [3.8, 4) is 11.5 Å². The van der Waals surface area contributed by atoms with E-state index in [1.54, 1.807) is 16.2 Å². The molecule has 0 N–H and O–H groups in total. The van der Waals surface area contributed by atoms with E-state index in [1.165, 1.54) is 0 Å². The summed E-state index contributed by atoms with van der Waals surface area (Å²) < 4.78 is 16.5. The van der Waals surface area contributed by atoms with E-state index < -0.39 is 0 Å². The van der Waals surface area contributed by atoms with Crippen molar-refractivity contribution >= 4 is 23.2 Å². The van der Waals surface area contributed by atoms with Gasteiger partial charge in [-0.3, -0.25) is 9.59 Å². The number of hydrogen-bond acceptors (Lipinski definition) is 6. The molecule has 8 heteroatoms. The third-order valence-electron chi connectivity index (χ3n) is 6.30. The SMILES string of the molecule is CCOCCCN(CC(=O)N(Cc1ccc2c(c1)OCO2)Cc1sccc1C)C(=O)c1ccc(C)cc1. The van der Waals surface area contributed by atoms with E-state index in [0.29, 0.717) is 56.3 Å². The topological polar surface area (TPSA) is 68.3 Å². The number of rotatable bonds is 12. The van der Waals surface area contributed by atoms with Crippen LogP contribution in [-0.4, -0.2) is 54.7 Å². The highest BCUT2D eigenvalue weighted by atomic mass is 32.1. The van der Waals surface area contributed by atoms with Crippen LogP contribution in [0.15, 0.2) is 53.9 Å². The molecule has 0 spiro atoms. The second-order valence-electron chi connectivity index (χ2n) is 9.11. The molecule has 3 aromatic rings. The van der Waals surface area contributed by atoms with Crippen molar-refractivity contribution in [1.29, 1.82) is 0 Å². The second-order valence-corrected chi connectivity index (χ2v) is 10.1. The fraction of sp³-hybridized carbons (Fsp3) is 0.379. The number of hydrogen-bond donors (Lipinski definition) is 0. The van der Waals surface area contributed by atoms with E-state index >= 15 is 0 Å². The van der Waals surface area contributed by atoms with Gasteiger partial charge < -0.3 is 24.0 Å². The highest BCUT2D eigenvalue weighted by Crippen LogP contribution is 2.33. The molecular formula is C29H34N2O5S. The van der Waals surface area contributed by atoms with E-state index in [-0.39, 0.29) is 25.2 Å². The zero-order chi connectivity index (χ0) is 26.2. The molecule has 0 bridgehead atoms. The maximum atomic E-state index is 13.8. The highest BCUT2D eigenvalue weighted by Gasteiger charge is 2.24. The van der Waals surface area contributed by atoms with Crippen molar-refractivity contribution in [3.63, 3.8) is 0 Å². The molecule has 1 aliphatic rings. The minimum absolute atomic E-state index is 0.00614. The Labute approximate surface area is 222 Å². The first-order valence-electron chi connectivity index (χ1n) is 12.6. The summed E-state index contributed by atoms with van der Waals surface area (Å²) in [6, 6.07) is 15.3. The summed E-state index contributed by atoms with van der Waals surface area (Å²) in [6.07, 6.45) is 0.658. The number of thiophene rings is 1. The first-order valence-corrected chi connectivity index (χ1v) is 13.5. The summed E-state index contributed by atoms with van der Waals surface area (Å²) in [6.45, 7) is 8.65. The number of carbonyl (C=O) groups is 2. The van der Waals surface area contributed by atoms with Crippen molar-refractivity contribution in [1.82, 2.24) is 9.80 Å². The Morgan fingerprint density at radius 2 is 1.76 bits per heavy atom. The van der Waals surface area contributed by atoms with Gasteiger partial charge in [-0.15, -0.1) is 11.3 Å². The molecule has 1 aliphatic heterocycles. The Kier molecular flexibility index (Phi) is 9.19. The van der Waals surface area contributed by atoms with Crippen molar-refractivity contribution < 1.29 is 23.8 Å². The standard InChI is InChI=1S/C29H34N2O5S/c1-4-34-14-5-13-30(29(33)24-9-6-21(2)7-10-24)19-28(32)31(18-27-22(3)12-15-37-27)17-23-8-11-25-26(16-23)36-20-35-25/h6-12,15-16H,4-5,13-14,17-20H2,1-3H3. The monoisotopic (exact) mass is 522 g/mol. The molecule has 0 atom stereocenters. The predicted molar refractivity (Wildman–Crippen MR) is 144 cm³/mol.